The number of piperazine rings is 1. The summed E-state index contributed by atoms with van der Waals surface area (Å²) < 4.78 is 0. The second-order valence-electron chi connectivity index (χ2n) is 5.59. The Morgan fingerprint density at radius 1 is 1.32 bits per heavy atom. The Hall–Kier alpha value is -1.14. The second kappa shape index (κ2) is 6.34. The van der Waals surface area contributed by atoms with Crippen molar-refractivity contribution in [3.8, 4) is 0 Å². The van der Waals surface area contributed by atoms with Crippen LogP contribution in [0.3, 0.4) is 0 Å². The fourth-order valence-electron chi connectivity index (χ4n) is 2.69. The van der Waals surface area contributed by atoms with Crippen molar-refractivity contribution in [2.75, 3.05) is 19.6 Å². The van der Waals surface area contributed by atoms with Gasteiger partial charge in [0.05, 0.1) is 12.1 Å². The van der Waals surface area contributed by atoms with Crippen molar-refractivity contribution in [1.82, 2.24) is 16.0 Å². The van der Waals surface area contributed by atoms with Crippen molar-refractivity contribution < 1.29 is 14.7 Å². The smallest absolute Gasteiger partial charge is 0.239 e. The molecule has 0 aromatic heterocycles. The van der Waals surface area contributed by atoms with Crippen LogP contribution < -0.4 is 16.0 Å². The van der Waals surface area contributed by atoms with E-state index >= 15 is 0 Å². The van der Waals surface area contributed by atoms with Gasteiger partial charge in [-0.25, -0.2) is 0 Å². The minimum Gasteiger partial charge on any atom is -0.388 e. The molecule has 2 rings (SSSR count). The van der Waals surface area contributed by atoms with Gasteiger partial charge in [-0.1, -0.05) is 25.7 Å². The van der Waals surface area contributed by atoms with E-state index in [0.29, 0.717) is 13.1 Å². The highest BCUT2D eigenvalue weighted by molar-refractivity contribution is 5.86. The zero-order valence-corrected chi connectivity index (χ0v) is 11.2. The largest absolute Gasteiger partial charge is 0.388 e. The number of hydrogen-bond donors (Lipinski definition) is 4. The van der Waals surface area contributed by atoms with Crippen LogP contribution >= 0.6 is 0 Å². The lowest BCUT2D eigenvalue weighted by atomic mass is 9.94. The number of aliphatic hydroxyl groups is 1. The molecule has 2 amide bonds. The maximum atomic E-state index is 11.9. The van der Waals surface area contributed by atoms with Gasteiger partial charge in [0.1, 0.15) is 6.04 Å². The molecule has 19 heavy (non-hydrogen) atoms. The first-order valence-corrected chi connectivity index (χ1v) is 7.09. The van der Waals surface area contributed by atoms with Crippen molar-refractivity contribution in [2.45, 2.75) is 50.2 Å². The normalized spacial score (nSPS) is 27.2. The summed E-state index contributed by atoms with van der Waals surface area (Å²) in [5.41, 5.74) is -0.760. The molecule has 0 radical (unpaired) electrons. The van der Waals surface area contributed by atoms with E-state index in [1.165, 1.54) is 0 Å². The number of amides is 2. The van der Waals surface area contributed by atoms with Gasteiger partial charge in [-0.2, -0.15) is 0 Å². The molecular weight excluding hydrogens is 246 g/mol. The molecule has 0 spiro atoms. The molecule has 1 saturated heterocycles. The van der Waals surface area contributed by atoms with E-state index in [2.05, 4.69) is 16.0 Å². The van der Waals surface area contributed by atoms with E-state index < -0.39 is 11.6 Å². The molecule has 1 saturated carbocycles. The van der Waals surface area contributed by atoms with E-state index in [1.807, 2.05) is 0 Å². The highest BCUT2D eigenvalue weighted by Crippen LogP contribution is 2.26. The van der Waals surface area contributed by atoms with Crippen LogP contribution in [-0.2, 0) is 9.59 Å². The summed E-state index contributed by atoms with van der Waals surface area (Å²) in [7, 11) is 0. The van der Waals surface area contributed by atoms with Gasteiger partial charge in [-0.05, 0) is 12.8 Å². The summed E-state index contributed by atoms with van der Waals surface area (Å²) in [5.74, 6) is -0.246. The van der Waals surface area contributed by atoms with Crippen LogP contribution in [0.2, 0.25) is 0 Å². The Bertz CT molecular complexity index is 328. The molecule has 2 fully saturated rings. The molecule has 1 unspecified atom stereocenters. The molecule has 0 aromatic rings. The van der Waals surface area contributed by atoms with Crippen molar-refractivity contribution >= 4 is 11.8 Å². The van der Waals surface area contributed by atoms with Gasteiger partial charge in [-0.3, -0.25) is 14.9 Å². The molecule has 4 N–H and O–H groups in total. The highest BCUT2D eigenvalue weighted by atomic mass is 16.3. The molecule has 0 aromatic carbocycles. The third-order valence-electron chi connectivity index (χ3n) is 3.95. The van der Waals surface area contributed by atoms with Gasteiger partial charge in [0, 0.05) is 13.1 Å². The predicted octanol–water partition coefficient (Wildman–Crippen LogP) is -0.724. The molecular formula is C13H23N3O3. The van der Waals surface area contributed by atoms with E-state index in [-0.39, 0.29) is 18.4 Å². The van der Waals surface area contributed by atoms with Gasteiger partial charge < -0.3 is 15.7 Å². The van der Waals surface area contributed by atoms with Gasteiger partial charge in [-0.15, -0.1) is 0 Å². The van der Waals surface area contributed by atoms with Gasteiger partial charge in [0.15, 0.2) is 0 Å². The average Bonchev–Trinajstić information content (AvgIpc) is 2.62. The summed E-state index contributed by atoms with van der Waals surface area (Å²) in [6.07, 6.45) is 5.86. The van der Waals surface area contributed by atoms with Crippen LogP contribution in [0.4, 0.5) is 0 Å². The Kier molecular flexibility index (Phi) is 4.76. The zero-order chi connectivity index (χ0) is 13.7. The lowest BCUT2D eigenvalue weighted by Gasteiger charge is -2.29. The van der Waals surface area contributed by atoms with Crippen LogP contribution in [0.15, 0.2) is 0 Å². The van der Waals surface area contributed by atoms with Crippen molar-refractivity contribution in [3.05, 3.63) is 0 Å². The Morgan fingerprint density at radius 2 is 2.00 bits per heavy atom. The zero-order valence-electron chi connectivity index (χ0n) is 11.2. The lowest BCUT2D eigenvalue weighted by molar-refractivity contribution is -0.127. The minimum atomic E-state index is -0.760. The van der Waals surface area contributed by atoms with E-state index in [1.54, 1.807) is 0 Å². The number of rotatable bonds is 3. The lowest BCUT2D eigenvalue weighted by Crippen LogP contribution is -2.59. The monoisotopic (exact) mass is 269 g/mol. The van der Waals surface area contributed by atoms with Crippen molar-refractivity contribution in [3.63, 3.8) is 0 Å². The first kappa shape index (κ1) is 14.3. The summed E-state index contributed by atoms with van der Waals surface area (Å²) in [4.78, 5) is 22.9. The molecule has 6 nitrogen and oxygen atoms in total. The third-order valence-corrected chi connectivity index (χ3v) is 3.95. The fraction of sp³-hybridized carbons (Fsp3) is 0.846. The molecule has 1 aliphatic carbocycles. The second-order valence-corrected chi connectivity index (χ2v) is 5.59. The Morgan fingerprint density at radius 3 is 2.58 bits per heavy atom. The van der Waals surface area contributed by atoms with Crippen LogP contribution in [0.5, 0.6) is 0 Å². The van der Waals surface area contributed by atoms with E-state index in [9.17, 15) is 14.7 Å². The van der Waals surface area contributed by atoms with Crippen LogP contribution in [0, 0.1) is 0 Å². The number of nitrogens with one attached hydrogen (secondary N) is 3. The van der Waals surface area contributed by atoms with Gasteiger partial charge in [0.2, 0.25) is 11.8 Å². The van der Waals surface area contributed by atoms with Gasteiger partial charge in [0.25, 0.3) is 0 Å². The van der Waals surface area contributed by atoms with Gasteiger partial charge >= 0.3 is 0 Å². The van der Waals surface area contributed by atoms with Crippen LogP contribution in [-0.4, -0.2) is 48.2 Å². The quantitative estimate of drug-likeness (QED) is 0.509. The van der Waals surface area contributed by atoms with Crippen molar-refractivity contribution in [2.24, 2.45) is 0 Å². The van der Waals surface area contributed by atoms with Crippen LogP contribution in [0.1, 0.15) is 38.5 Å². The summed E-state index contributed by atoms with van der Waals surface area (Å²) in [5, 5.41) is 18.8. The first-order chi connectivity index (χ1) is 9.09. The molecule has 1 heterocycles. The first-order valence-electron chi connectivity index (χ1n) is 7.09. The molecule has 1 aliphatic heterocycles. The van der Waals surface area contributed by atoms with Crippen molar-refractivity contribution in [1.29, 1.82) is 0 Å². The highest BCUT2D eigenvalue weighted by Gasteiger charge is 2.30. The molecule has 2 aliphatic rings. The maximum Gasteiger partial charge on any atom is 0.239 e. The molecule has 6 heteroatoms. The fourth-order valence-corrected chi connectivity index (χ4v) is 2.69. The van der Waals surface area contributed by atoms with Crippen LogP contribution in [0.25, 0.3) is 0 Å². The summed E-state index contributed by atoms with van der Waals surface area (Å²) in [6.45, 7) is 0.781. The molecule has 108 valence electrons. The summed E-state index contributed by atoms with van der Waals surface area (Å²) >= 11 is 0. The number of carbonyl (C=O) groups is 2. The Labute approximate surface area is 113 Å². The Balaban J connectivity index is 1.77. The maximum absolute atomic E-state index is 11.9. The average molecular weight is 269 g/mol. The van der Waals surface area contributed by atoms with E-state index in [0.717, 1.165) is 38.5 Å². The molecule has 1 atom stereocenters. The number of hydrogen-bond acceptors (Lipinski definition) is 4. The topological polar surface area (TPSA) is 90.5 Å². The molecule has 0 bridgehead atoms. The third kappa shape index (κ3) is 4.18. The predicted molar refractivity (Wildman–Crippen MR) is 70.5 cm³/mol. The van der Waals surface area contributed by atoms with E-state index in [4.69, 9.17) is 0 Å². The minimum absolute atomic E-state index is 0.0913. The summed E-state index contributed by atoms with van der Waals surface area (Å²) in [6, 6.07) is -0.396. The SMILES string of the molecule is O=C1CNC(C(=O)NCC2(O)CCCCCC2)CN1. The standard InChI is InChI=1S/C13H23N3O3/c17-11-8-14-10(7-15-11)12(18)16-9-13(19)5-3-1-2-4-6-13/h10,14,19H,1-9H2,(H,15,17)(H,16,18). The number of carbonyl (C=O) groups excluding carboxylic acids is 2.